The van der Waals surface area contributed by atoms with Gasteiger partial charge in [-0.25, -0.2) is 4.98 Å². The number of aromatic nitrogens is 1. The van der Waals surface area contributed by atoms with Crippen LogP contribution in [0.3, 0.4) is 0 Å². The zero-order valence-electron chi connectivity index (χ0n) is 9.76. The fourth-order valence-electron chi connectivity index (χ4n) is 2.49. The monoisotopic (exact) mass is 228 g/mol. The van der Waals surface area contributed by atoms with Gasteiger partial charge in [0.25, 0.3) is 0 Å². The van der Waals surface area contributed by atoms with Crippen molar-refractivity contribution in [3.05, 3.63) is 36.0 Å². The van der Waals surface area contributed by atoms with E-state index in [1.54, 1.807) is 0 Å². The van der Waals surface area contributed by atoms with E-state index in [1.807, 2.05) is 18.2 Å². The molecule has 1 aromatic carbocycles. The van der Waals surface area contributed by atoms with Crippen LogP contribution in [-0.4, -0.2) is 23.2 Å². The molecule has 3 rings (SSSR count). The minimum absolute atomic E-state index is 0.00563. The van der Waals surface area contributed by atoms with Gasteiger partial charge in [0.05, 0.1) is 12.3 Å². The molecule has 1 N–H and O–H groups in total. The molecule has 1 saturated heterocycles. The molecule has 0 bridgehead atoms. The average molecular weight is 228 g/mol. The highest BCUT2D eigenvalue weighted by Gasteiger charge is 2.16. The van der Waals surface area contributed by atoms with Crippen LogP contribution in [0.5, 0.6) is 0 Å². The zero-order chi connectivity index (χ0) is 11.7. The molecule has 0 aliphatic carbocycles. The molecule has 0 atom stereocenters. The fourth-order valence-corrected chi connectivity index (χ4v) is 2.49. The second-order valence-electron chi connectivity index (χ2n) is 4.51. The molecular formula is C14H16N2O. The summed E-state index contributed by atoms with van der Waals surface area (Å²) >= 11 is 0. The molecule has 88 valence electrons. The first-order valence-electron chi connectivity index (χ1n) is 6.13. The van der Waals surface area contributed by atoms with Gasteiger partial charge in [-0.3, -0.25) is 0 Å². The summed E-state index contributed by atoms with van der Waals surface area (Å²) in [4.78, 5) is 6.90. The van der Waals surface area contributed by atoms with Gasteiger partial charge in [-0.05, 0) is 24.3 Å². The number of anilines is 1. The molecule has 0 amide bonds. The molecule has 1 aliphatic rings. The zero-order valence-corrected chi connectivity index (χ0v) is 9.76. The summed E-state index contributed by atoms with van der Waals surface area (Å²) in [7, 11) is 0. The highest BCUT2D eigenvalue weighted by atomic mass is 16.3. The van der Waals surface area contributed by atoms with Crippen molar-refractivity contribution in [2.75, 3.05) is 18.0 Å². The Bertz CT molecular complexity index is 533. The molecule has 0 spiro atoms. The number of benzene rings is 1. The number of pyridine rings is 1. The van der Waals surface area contributed by atoms with Crippen molar-refractivity contribution in [3.8, 4) is 0 Å². The van der Waals surface area contributed by atoms with Gasteiger partial charge in [-0.2, -0.15) is 0 Å². The van der Waals surface area contributed by atoms with Crippen molar-refractivity contribution >= 4 is 16.6 Å². The Kier molecular flexibility index (Phi) is 2.69. The minimum Gasteiger partial charge on any atom is -0.390 e. The third-order valence-corrected chi connectivity index (χ3v) is 3.34. The number of nitrogens with zero attached hydrogens (tertiary/aromatic N) is 2. The summed E-state index contributed by atoms with van der Waals surface area (Å²) in [5.41, 5.74) is 0.755. The summed E-state index contributed by atoms with van der Waals surface area (Å²) in [5.74, 6) is 1.03. The van der Waals surface area contributed by atoms with Crippen LogP contribution < -0.4 is 4.90 Å². The van der Waals surface area contributed by atoms with Crippen molar-refractivity contribution in [3.63, 3.8) is 0 Å². The topological polar surface area (TPSA) is 36.4 Å². The van der Waals surface area contributed by atoms with E-state index in [0.717, 1.165) is 30.0 Å². The first kappa shape index (κ1) is 10.5. The van der Waals surface area contributed by atoms with Crippen LogP contribution in [0.2, 0.25) is 0 Å². The lowest BCUT2D eigenvalue weighted by Gasteiger charge is -2.19. The Morgan fingerprint density at radius 1 is 1.18 bits per heavy atom. The minimum atomic E-state index is 0.00563. The van der Waals surface area contributed by atoms with Crippen molar-refractivity contribution in [2.45, 2.75) is 19.4 Å². The van der Waals surface area contributed by atoms with Crippen LogP contribution >= 0.6 is 0 Å². The molecule has 1 aromatic heterocycles. The lowest BCUT2D eigenvalue weighted by Crippen LogP contribution is -2.19. The van der Waals surface area contributed by atoms with E-state index in [1.165, 1.54) is 18.2 Å². The van der Waals surface area contributed by atoms with E-state index < -0.39 is 0 Å². The van der Waals surface area contributed by atoms with Gasteiger partial charge in [0.15, 0.2) is 0 Å². The summed E-state index contributed by atoms with van der Waals surface area (Å²) in [5, 5.41) is 11.6. The largest absolute Gasteiger partial charge is 0.390 e. The van der Waals surface area contributed by atoms with Crippen LogP contribution in [0.1, 0.15) is 18.5 Å². The molecule has 17 heavy (non-hydrogen) atoms. The van der Waals surface area contributed by atoms with Gasteiger partial charge in [0.1, 0.15) is 5.82 Å². The molecule has 0 unspecified atom stereocenters. The molecule has 2 heterocycles. The highest BCUT2D eigenvalue weighted by molar-refractivity contribution is 5.92. The van der Waals surface area contributed by atoms with Crippen LogP contribution in [-0.2, 0) is 6.61 Å². The maximum atomic E-state index is 9.28. The van der Waals surface area contributed by atoms with Crippen molar-refractivity contribution < 1.29 is 5.11 Å². The maximum Gasteiger partial charge on any atom is 0.136 e. The Labute approximate surface area is 101 Å². The number of fused-ring (bicyclic) bond motifs is 1. The first-order valence-corrected chi connectivity index (χ1v) is 6.13. The molecule has 3 heteroatoms. The van der Waals surface area contributed by atoms with E-state index in [4.69, 9.17) is 0 Å². The van der Waals surface area contributed by atoms with Crippen LogP contribution in [0.25, 0.3) is 10.8 Å². The molecule has 2 aromatic rings. The Hall–Kier alpha value is -1.61. The van der Waals surface area contributed by atoms with E-state index in [2.05, 4.69) is 22.0 Å². The van der Waals surface area contributed by atoms with Crippen molar-refractivity contribution in [2.24, 2.45) is 0 Å². The first-order chi connectivity index (χ1) is 8.38. The molecule has 1 fully saturated rings. The van der Waals surface area contributed by atoms with E-state index in [-0.39, 0.29) is 6.61 Å². The van der Waals surface area contributed by atoms with Crippen LogP contribution in [0.4, 0.5) is 5.82 Å². The number of hydrogen-bond acceptors (Lipinski definition) is 3. The van der Waals surface area contributed by atoms with Gasteiger partial charge < -0.3 is 10.0 Å². The summed E-state index contributed by atoms with van der Waals surface area (Å²) in [6.45, 7) is 2.16. The number of aliphatic hydroxyl groups is 1. The van der Waals surface area contributed by atoms with Crippen molar-refractivity contribution in [1.82, 2.24) is 4.98 Å². The predicted octanol–water partition coefficient (Wildman–Crippen LogP) is 2.33. The normalized spacial score (nSPS) is 15.7. The third kappa shape index (κ3) is 1.87. The second-order valence-corrected chi connectivity index (χ2v) is 4.51. The Morgan fingerprint density at radius 3 is 2.71 bits per heavy atom. The Balaban J connectivity index is 2.19. The van der Waals surface area contributed by atoms with Gasteiger partial charge in [-0.1, -0.05) is 24.3 Å². The quantitative estimate of drug-likeness (QED) is 0.857. The number of aliphatic hydroxyl groups excluding tert-OH is 1. The van der Waals surface area contributed by atoms with Gasteiger partial charge in [0.2, 0.25) is 0 Å². The lowest BCUT2D eigenvalue weighted by molar-refractivity contribution is 0.277. The van der Waals surface area contributed by atoms with Crippen LogP contribution in [0.15, 0.2) is 30.3 Å². The molecule has 0 radical (unpaired) electrons. The molecule has 3 nitrogen and oxygen atoms in total. The van der Waals surface area contributed by atoms with Gasteiger partial charge in [-0.15, -0.1) is 0 Å². The van der Waals surface area contributed by atoms with Crippen molar-refractivity contribution in [1.29, 1.82) is 0 Å². The van der Waals surface area contributed by atoms with Crippen LogP contribution in [0, 0.1) is 0 Å². The summed E-state index contributed by atoms with van der Waals surface area (Å²) < 4.78 is 0. The van der Waals surface area contributed by atoms with E-state index >= 15 is 0 Å². The van der Waals surface area contributed by atoms with Gasteiger partial charge >= 0.3 is 0 Å². The molecule has 0 saturated carbocycles. The number of rotatable bonds is 2. The maximum absolute atomic E-state index is 9.28. The smallest absolute Gasteiger partial charge is 0.136 e. The summed E-state index contributed by atoms with van der Waals surface area (Å²) in [6, 6.07) is 10.2. The second kappa shape index (κ2) is 4.34. The molecule has 1 aliphatic heterocycles. The van der Waals surface area contributed by atoms with E-state index in [9.17, 15) is 5.11 Å². The van der Waals surface area contributed by atoms with Gasteiger partial charge in [0, 0.05) is 18.5 Å². The lowest BCUT2D eigenvalue weighted by atomic mass is 10.1. The summed E-state index contributed by atoms with van der Waals surface area (Å²) in [6.07, 6.45) is 2.47. The Morgan fingerprint density at radius 2 is 1.94 bits per heavy atom. The third-order valence-electron chi connectivity index (χ3n) is 3.34. The molecular weight excluding hydrogens is 212 g/mol. The van der Waals surface area contributed by atoms with E-state index in [0.29, 0.717) is 0 Å². The highest BCUT2D eigenvalue weighted by Crippen LogP contribution is 2.28. The SMILES string of the molecule is OCc1cc2ccccc2c(N2CCCC2)n1. The average Bonchev–Trinajstić information content (AvgIpc) is 2.91. The standard InChI is InChI=1S/C14H16N2O/c17-10-12-9-11-5-1-2-6-13(11)14(15-12)16-7-3-4-8-16/h1-2,5-6,9,17H,3-4,7-8,10H2. The number of hydrogen-bond donors (Lipinski definition) is 1. The fraction of sp³-hybridized carbons (Fsp3) is 0.357. The predicted molar refractivity (Wildman–Crippen MR) is 69.1 cm³/mol.